The molecule has 0 aromatic heterocycles. The topological polar surface area (TPSA) is 72.8 Å². The molecule has 2 rings (SSSR count). The zero-order valence-electron chi connectivity index (χ0n) is 10.2. The number of Topliss-reactive ketones (excluding diaryl/α,β-unsaturated/α-hetero) is 1. The van der Waals surface area contributed by atoms with Crippen molar-refractivity contribution in [1.29, 1.82) is 0 Å². The molecule has 1 aromatic carbocycles. The number of aliphatic carboxylic acids is 1. The number of carboxylic acids is 1. The van der Waals surface area contributed by atoms with Crippen molar-refractivity contribution < 1.29 is 24.2 Å². The lowest BCUT2D eigenvalue weighted by molar-refractivity contribution is -0.138. The van der Waals surface area contributed by atoms with Crippen molar-refractivity contribution in [2.45, 2.75) is 6.42 Å². The van der Waals surface area contributed by atoms with Gasteiger partial charge < -0.3 is 14.6 Å². The van der Waals surface area contributed by atoms with Gasteiger partial charge in [-0.05, 0) is 18.6 Å². The number of ether oxygens (including phenoxy) is 2. The van der Waals surface area contributed by atoms with E-state index in [1.54, 1.807) is 18.2 Å². The largest absolute Gasteiger partial charge is 0.497 e. The van der Waals surface area contributed by atoms with Gasteiger partial charge in [-0.25, -0.2) is 0 Å². The van der Waals surface area contributed by atoms with Gasteiger partial charge >= 0.3 is 5.97 Å². The summed E-state index contributed by atoms with van der Waals surface area (Å²) in [5.41, 5.74) is 0.409. The van der Waals surface area contributed by atoms with Crippen LogP contribution in [0.5, 0.6) is 11.5 Å². The third kappa shape index (κ3) is 2.16. The molecule has 96 valence electrons. The average Bonchev–Trinajstić information content (AvgIpc) is 3.17. The van der Waals surface area contributed by atoms with Crippen LogP contribution in [0.1, 0.15) is 16.8 Å². The van der Waals surface area contributed by atoms with Gasteiger partial charge in [0.05, 0.1) is 25.7 Å². The van der Waals surface area contributed by atoms with Crippen LogP contribution < -0.4 is 9.47 Å². The Hall–Kier alpha value is -2.04. The lowest BCUT2D eigenvalue weighted by Gasteiger charge is -2.09. The fourth-order valence-electron chi connectivity index (χ4n) is 1.96. The molecule has 1 N–H and O–H groups in total. The first-order valence-corrected chi connectivity index (χ1v) is 5.57. The van der Waals surface area contributed by atoms with Gasteiger partial charge in [0.25, 0.3) is 0 Å². The quantitative estimate of drug-likeness (QED) is 0.804. The summed E-state index contributed by atoms with van der Waals surface area (Å²) in [5, 5.41) is 8.82. The molecule has 0 aliphatic heterocycles. The van der Waals surface area contributed by atoms with Gasteiger partial charge in [0.2, 0.25) is 0 Å². The van der Waals surface area contributed by atoms with Crippen LogP contribution in [-0.2, 0) is 4.79 Å². The molecular weight excluding hydrogens is 236 g/mol. The third-order valence-corrected chi connectivity index (χ3v) is 3.12. The minimum absolute atomic E-state index is 0.179. The van der Waals surface area contributed by atoms with Crippen molar-refractivity contribution >= 4 is 11.8 Å². The molecule has 5 heteroatoms. The Morgan fingerprint density at radius 3 is 2.44 bits per heavy atom. The summed E-state index contributed by atoms with van der Waals surface area (Å²) in [6, 6.07) is 4.89. The number of carbonyl (C=O) groups excluding carboxylic acids is 1. The number of methoxy groups -OCH3 is 2. The fraction of sp³-hybridized carbons (Fsp3) is 0.385. The lowest BCUT2D eigenvalue weighted by Crippen LogP contribution is -2.09. The fourth-order valence-corrected chi connectivity index (χ4v) is 1.96. The van der Waals surface area contributed by atoms with Crippen LogP contribution in [0.2, 0.25) is 0 Å². The molecule has 1 aliphatic rings. The van der Waals surface area contributed by atoms with Crippen LogP contribution in [0.25, 0.3) is 0 Å². The van der Waals surface area contributed by atoms with E-state index in [0.29, 0.717) is 23.5 Å². The van der Waals surface area contributed by atoms with Crippen LogP contribution in [0, 0.1) is 11.8 Å². The van der Waals surface area contributed by atoms with Crippen molar-refractivity contribution in [3.05, 3.63) is 23.8 Å². The average molecular weight is 250 g/mol. The molecule has 1 saturated carbocycles. The van der Waals surface area contributed by atoms with E-state index >= 15 is 0 Å². The number of rotatable bonds is 5. The summed E-state index contributed by atoms with van der Waals surface area (Å²) in [6.07, 6.45) is 0.406. The van der Waals surface area contributed by atoms with Crippen LogP contribution >= 0.6 is 0 Å². The smallest absolute Gasteiger partial charge is 0.307 e. The van der Waals surface area contributed by atoms with Crippen molar-refractivity contribution in [3.8, 4) is 11.5 Å². The van der Waals surface area contributed by atoms with Crippen molar-refractivity contribution in [3.63, 3.8) is 0 Å². The molecule has 0 heterocycles. The highest BCUT2D eigenvalue weighted by Gasteiger charge is 2.48. The number of benzene rings is 1. The Balaban J connectivity index is 2.23. The summed E-state index contributed by atoms with van der Waals surface area (Å²) in [7, 11) is 2.99. The second-order valence-electron chi connectivity index (χ2n) is 4.22. The van der Waals surface area contributed by atoms with Gasteiger partial charge in [0.15, 0.2) is 5.78 Å². The summed E-state index contributed by atoms with van der Waals surface area (Å²) in [4.78, 5) is 22.9. The highest BCUT2D eigenvalue weighted by atomic mass is 16.5. The van der Waals surface area contributed by atoms with Gasteiger partial charge in [-0.1, -0.05) is 0 Å². The molecular formula is C13H14O5. The Bertz CT molecular complexity index is 494. The maximum absolute atomic E-state index is 12.1. The number of hydrogen-bond acceptors (Lipinski definition) is 4. The molecule has 1 fully saturated rings. The summed E-state index contributed by atoms with van der Waals surface area (Å²) < 4.78 is 10.2. The van der Waals surface area contributed by atoms with E-state index in [-0.39, 0.29) is 5.78 Å². The molecule has 5 nitrogen and oxygen atoms in total. The van der Waals surface area contributed by atoms with E-state index < -0.39 is 17.8 Å². The standard InChI is InChI=1S/C13H14O5/c1-17-7-3-4-8(11(5-7)18-2)12(14)9-6-10(9)13(15)16/h3-5,9-10H,6H2,1-2H3,(H,15,16). The molecule has 0 radical (unpaired) electrons. The maximum atomic E-state index is 12.1. The molecule has 0 spiro atoms. The predicted octanol–water partition coefficient (Wildman–Crippen LogP) is 1.61. The van der Waals surface area contributed by atoms with Gasteiger partial charge in [-0.2, -0.15) is 0 Å². The zero-order chi connectivity index (χ0) is 13.3. The number of ketones is 1. The molecule has 2 unspecified atom stereocenters. The maximum Gasteiger partial charge on any atom is 0.307 e. The minimum Gasteiger partial charge on any atom is -0.497 e. The third-order valence-electron chi connectivity index (χ3n) is 3.12. The first kappa shape index (κ1) is 12.4. The van der Waals surface area contributed by atoms with E-state index in [4.69, 9.17) is 14.6 Å². The number of carbonyl (C=O) groups is 2. The van der Waals surface area contributed by atoms with Gasteiger partial charge in [0, 0.05) is 12.0 Å². The van der Waals surface area contributed by atoms with Crippen LogP contribution in [0.15, 0.2) is 18.2 Å². The molecule has 0 amide bonds. The normalized spacial score (nSPS) is 21.2. The van der Waals surface area contributed by atoms with Crippen LogP contribution in [-0.4, -0.2) is 31.1 Å². The molecule has 0 bridgehead atoms. The molecule has 0 saturated heterocycles. The summed E-state index contributed by atoms with van der Waals surface area (Å²) in [6.45, 7) is 0. The SMILES string of the molecule is COc1ccc(C(=O)C2CC2C(=O)O)c(OC)c1. The Kier molecular flexibility index (Phi) is 3.23. The van der Waals surface area contributed by atoms with E-state index in [0.717, 1.165) is 0 Å². The zero-order valence-corrected chi connectivity index (χ0v) is 10.2. The predicted molar refractivity (Wildman–Crippen MR) is 63.1 cm³/mol. The van der Waals surface area contributed by atoms with E-state index in [1.165, 1.54) is 14.2 Å². The van der Waals surface area contributed by atoms with E-state index in [2.05, 4.69) is 0 Å². The van der Waals surface area contributed by atoms with Gasteiger partial charge in [-0.15, -0.1) is 0 Å². The second-order valence-corrected chi connectivity index (χ2v) is 4.22. The van der Waals surface area contributed by atoms with Crippen LogP contribution in [0.3, 0.4) is 0 Å². The first-order chi connectivity index (χ1) is 8.58. The molecule has 18 heavy (non-hydrogen) atoms. The summed E-state index contributed by atoms with van der Waals surface area (Å²) in [5.74, 6) is -1.07. The Morgan fingerprint density at radius 2 is 1.94 bits per heavy atom. The van der Waals surface area contributed by atoms with Gasteiger partial charge in [0.1, 0.15) is 11.5 Å². The van der Waals surface area contributed by atoms with Crippen molar-refractivity contribution in [1.82, 2.24) is 0 Å². The number of hydrogen-bond donors (Lipinski definition) is 1. The molecule has 1 aromatic rings. The van der Waals surface area contributed by atoms with Crippen molar-refractivity contribution in [2.24, 2.45) is 11.8 Å². The minimum atomic E-state index is -0.916. The number of carboxylic acid groups (broad SMARTS) is 1. The monoisotopic (exact) mass is 250 g/mol. The second kappa shape index (κ2) is 4.68. The Labute approximate surface area is 104 Å². The molecule has 1 aliphatic carbocycles. The summed E-state index contributed by atoms with van der Waals surface area (Å²) >= 11 is 0. The first-order valence-electron chi connectivity index (χ1n) is 5.57. The Morgan fingerprint density at radius 1 is 1.22 bits per heavy atom. The van der Waals surface area contributed by atoms with Crippen LogP contribution in [0.4, 0.5) is 0 Å². The lowest BCUT2D eigenvalue weighted by atomic mass is 10.0. The highest BCUT2D eigenvalue weighted by molar-refractivity contribution is 6.04. The highest BCUT2D eigenvalue weighted by Crippen LogP contribution is 2.42. The van der Waals surface area contributed by atoms with E-state index in [1.807, 2.05) is 0 Å². The molecule has 2 atom stereocenters. The van der Waals surface area contributed by atoms with E-state index in [9.17, 15) is 9.59 Å². The van der Waals surface area contributed by atoms with Crippen molar-refractivity contribution in [2.75, 3.05) is 14.2 Å². The van der Waals surface area contributed by atoms with Gasteiger partial charge in [-0.3, -0.25) is 9.59 Å².